The Bertz CT molecular complexity index is 317. The van der Waals surface area contributed by atoms with Gasteiger partial charge in [-0.1, -0.05) is 6.58 Å². The summed E-state index contributed by atoms with van der Waals surface area (Å²) in [7, 11) is 0. The SMILES string of the molecule is C=CC(=O)OCC(O)COCc1ccco1. The average molecular weight is 226 g/mol. The monoisotopic (exact) mass is 226 g/mol. The molecule has 5 nitrogen and oxygen atoms in total. The second-order valence-corrected chi connectivity index (χ2v) is 3.08. The summed E-state index contributed by atoms with van der Waals surface area (Å²) < 4.78 is 14.8. The van der Waals surface area contributed by atoms with E-state index in [1.54, 1.807) is 18.4 Å². The largest absolute Gasteiger partial charge is 0.467 e. The third kappa shape index (κ3) is 4.77. The van der Waals surface area contributed by atoms with Crippen LogP contribution in [0.2, 0.25) is 0 Å². The van der Waals surface area contributed by atoms with E-state index >= 15 is 0 Å². The predicted molar refractivity (Wildman–Crippen MR) is 55.5 cm³/mol. The van der Waals surface area contributed by atoms with Gasteiger partial charge in [0.15, 0.2) is 0 Å². The van der Waals surface area contributed by atoms with E-state index in [0.29, 0.717) is 5.76 Å². The maximum absolute atomic E-state index is 10.7. The van der Waals surface area contributed by atoms with Gasteiger partial charge < -0.3 is 19.0 Å². The first-order valence-corrected chi connectivity index (χ1v) is 4.79. The van der Waals surface area contributed by atoms with E-state index < -0.39 is 12.1 Å². The molecule has 1 atom stereocenters. The van der Waals surface area contributed by atoms with Crippen molar-refractivity contribution in [3.63, 3.8) is 0 Å². The van der Waals surface area contributed by atoms with Crippen molar-refractivity contribution in [2.24, 2.45) is 0 Å². The second-order valence-electron chi connectivity index (χ2n) is 3.08. The summed E-state index contributed by atoms with van der Waals surface area (Å²) in [6.07, 6.45) is 1.73. The highest BCUT2D eigenvalue weighted by Crippen LogP contribution is 2.02. The highest BCUT2D eigenvalue weighted by Gasteiger charge is 2.07. The number of hydrogen-bond acceptors (Lipinski definition) is 5. The molecule has 0 saturated heterocycles. The van der Waals surface area contributed by atoms with Gasteiger partial charge in [-0.3, -0.25) is 0 Å². The van der Waals surface area contributed by atoms with Gasteiger partial charge in [0, 0.05) is 6.08 Å². The van der Waals surface area contributed by atoms with Crippen LogP contribution in [0.3, 0.4) is 0 Å². The lowest BCUT2D eigenvalue weighted by molar-refractivity contribution is -0.142. The Morgan fingerprint density at radius 2 is 2.44 bits per heavy atom. The molecular formula is C11H14O5. The number of aliphatic hydroxyl groups excluding tert-OH is 1. The lowest BCUT2D eigenvalue weighted by atomic mass is 10.4. The lowest BCUT2D eigenvalue weighted by Gasteiger charge is -2.10. The molecule has 0 saturated carbocycles. The summed E-state index contributed by atoms with van der Waals surface area (Å²) in [6, 6.07) is 3.52. The predicted octanol–water partition coefficient (Wildman–Crippen LogP) is 0.886. The first-order chi connectivity index (χ1) is 7.72. The maximum Gasteiger partial charge on any atom is 0.330 e. The summed E-state index contributed by atoms with van der Waals surface area (Å²) in [5.74, 6) is 0.111. The fourth-order valence-electron chi connectivity index (χ4n) is 0.976. The minimum absolute atomic E-state index is 0.0745. The van der Waals surface area contributed by atoms with E-state index in [1.807, 2.05) is 0 Å². The smallest absolute Gasteiger partial charge is 0.330 e. The molecule has 0 aliphatic rings. The van der Waals surface area contributed by atoms with Gasteiger partial charge in [0.1, 0.15) is 25.1 Å². The first-order valence-electron chi connectivity index (χ1n) is 4.79. The van der Waals surface area contributed by atoms with Gasteiger partial charge in [-0.15, -0.1) is 0 Å². The number of ether oxygens (including phenoxy) is 2. The lowest BCUT2D eigenvalue weighted by Crippen LogP contribution is -2.23. The average Bonchev–Trinajstić information content (AvgIpc) is 2.79. The zero-order valence-corrected chi connectivity index (χ0v) is 8.80. The molecule has 1 unspecified atom stereocenters. The molecule has 0 radical (unpaired) electrons. The molecule has 0 spiro atoms. The number of aliphatic hydroxyl groups is 1. The van der Waals surface area contributed by atoms with Crippen LogP contribution in [-0.4, -0.2) is 30.4 Å². The van der Waals surface area contributed by atoms with E-state index in [2.05, 4.69) is 11.3 Å². The third-order valence-corrected chi connectivity index (χ3v) is 1.72. The summed E-state index contributed by atoms with van der Waals surface area (Å²) in [5, 5.41) is 9.36. The molecule has 16 heavy (non-hydrogen) atoms. The minimum atomic E-state index is -0.848. The molecular weight excluding hydrogens is 212 g/mol. The number of furan rings is 1. The van der Waals surface area contributed by atoms with Crippen molar-refractivity contribution < 1.29 is 23.8 Å². The van der Waals surface area contributed by atoms with Crippen molar-refractivity contribution in [2.45, 2.75) is 12.7 Å². The molecule has 1 heterocycles. The summed E-state index contributed by atoms with van der Waals surface area (Å²) in [5.41, 5.74) is 0. The zero-order valence-electron chi connectivity index (χ0n) is 8.80. The molecule has 1 aromatic rings. The molecule has 1 N–H and O–H groups in total. The molecule has 1 rings (SSSR count). The highest BCUT2D eigenvalue weighted by atomic mass is 16.5. The van der Waals surface area contributed by atoms with E-state index in [4.69, 9.17) is 9.15 Å². The van der Waals surface area contributed by atoms with Crippen LogP contribution in [0, 0.1) is 0 Å². The fraction of sp³-hybridized carbons (Fsp3) is 0.364. The summed E-state index contributed by atoms with van der Waals surface area (Å²) in [4.78, 5) is 10.7. The number of carbonyl (C=O) groups is 1. The highest BCUT2D eigenvalue weighted by molar-refractivity contribution is 5.81. The van der Waals surface area contributed by atoms with Crippen molar-refractivity contribution in [3.05, 3.63) is 36.8 Å². The number of hydrogen-bond donors (Lipinski definition) is 1. The Morgan fingerprint density at radius 1 is 1.62 bits per heavy atom. The quantitative estimate of drug-likeness (QED) is 0.552. The van der Waals surface area contributed by atoms with Crippen LogP contribution in [0.15, 0.2) is 35.5 Å². The normalized spacial score (nSPS) is 12.1. The van der Waals surface area contributed by atoms with Gasteiger partial charge in [-0.25, -0.2) is 4.79 Å². The third-order valence-electron chi connectivity index (χ3n) is 1.72. The topological polar surface area (TPSA) is 68.9 Å². The van der Waals surface area contributed by atoms with Crippen LogP contribution in [0.5, 0.6) is 0 Å². The summed E-state index contributed by atoms with van der Waals surface area (Å²) in [6.45, 7) is 3.48. The van der Waals surface area contributed by atoms with Crippen LogP contribution in [0.25, 0.3) is 0 Å². The molecule has 0 aliphatic heterocycles. The van der Waals surface area contributed by atoms with Crippen molar-refractivity contribution in [3.8, 4) is 0 Å². The van der Waals surface area contributed by atoms with E-state index in [9.17, 15) is 9.90 Å². The molecule has 0 fully saturated rings. The van der Waals surface area contributed by atoms with Crippen LogP contribution in [0.1, 0.15) is 5.76 Å². The molecule has 5 heteroatoms. The van der Waals surface area contributed by atoms with Gasteiger partial charge >= 0.3 is 5.97 Å². The van der Waals surface area contributed by atoms with Crippen molar-refractivity contribution in [1.82, 2.24) is 0 Å². The Morgan fingerprint density at radius 3 is 3.06 bits per heavy atom. The van der Waals surface area contributed by atoms with Crippen molar-refractivity contribution in [2.75, 3.05) is 13.2 Å². The molecule has 0 amide bonds. The van der Waals surface area contributed by atoms with Gasteiger partial charge in [0.05, 0.1) is 12.9 Å². The van der Waals surface area contributed by atoms with Crippen molar-refractivity contribution >= 4 is 5.97 Å². The molecule has 0 aromatic carbocycles. The standard InChI is InChI=1S/C11H14O5/c1-2-11(13)16-7-9(12)6-14-8-10-4-3-5-15-10/h2-5,9,12H,1,6-8H2. The number of esters is 1. The Labute approximate surface area is 93.3 Å². The second kappa shape index (κ2) is 6.81. The molecule has 1 aromatic heterocycles. The Balaban J connectivity index is 2.08. The molecule has 0 aliphatic carbocycles. The van der Waals surface area contributed by atoms with Crippen molar-refractivity contribution in [1.29, 1.82) is 0 Å². The van der Waals surface area contributed by atoms with Gasteiger partial charge in [-0.2, -0.15) is 0 Å². The number of carbonyl (C=O) groups excluding carboxylic acids is 1. The zero-order chi connectivity index (χ0) is 11.8. The van der Waals surface area contributed by atoms with Gasteiger partial charge in [-0.05, 0) is 12.1 Å². The van der Waals surface area contributed by atoms with Crippen LogP contribution >= 0.6 is 0 Å². The van der Waals surface area contributed by atoms with Gasteiger partial charge in [0.2, 0.25) is 0 Å². The Hall–Kier alpha value is -1.59. The van der Waals surface area contributed by atoms with E-state index in [0.717, 1.165) is 6.08 Å². The van der Waals surface area contributed by atoms with Gasteiger partial charge in [0.25, 0.3) is 0 Å². The van der Waals surface area contributed by atoms with Crippen LogP contribution in [0.4, 0.5) is 0 Å². The first kappa shape index (κ1) is 12.5. The number of rotatable bonds is 7. The fourth-order valence-corrected chi connectivity index (χ4v) is 0.976. The maximum atomic E-state index is 10.7. The van der Waals surface area contributed by atoms with Crippen LogP contribution < -0.4 is 0 Å². The van der Waals surface area contributed by atoms with E-state index in [-0.39, 0.29) is 19.8 Å². The minimum Gasteiger partial charge on any atom is -0.467 e. The van der Waals surface area contributed by atoms with E-state index in [1.165, 1.54) is 0 Å². The van der Waals surface area contributed by atoms with Crippen LogP contribution in [-0.2, 0) is 20.9 Å². The molecule has 0 bridgehead atoms. The molecule has 88 valence electrons. The summed E-state index contributed by atoms with van der Waals surface area (Å²) >= 11 is 0. The Kier molecular flexibility index (Phi) is 5.31.